The number of aromatic nitrogens is 2. The van der Waals surface area contributed by atoms with Crippen molar-refractivity contribution in [3.8, 4) is 0 Å². The summed E-state index contributed by atoms with van der Waals surface area (Å²) >= 11 is 0. The Hall–Kier alpha value is -2.38. The lowest BCUT2D eigenvalue weighted by Crippen LogP contribution is -2.46. The van der Waals surface area contributed by atoms with Crippen LogP contribution in [0.25, 0.3) is 0 Å². The molecule has 0 bridgehead atoms. The maximum atomic E-state index is 14.0. The highest BCUT2D eigenvalue weighted by Crippen LogP contribution is 2.32. The fourth-order valence-electron chi connectivity index (χ4n) is 4.48. The van der Waals surface area contributed by atoms with E-state index in [0.29, 0.717) is 19.0 Å². The Balaban J connectivity index is 1.41. The first-order valence-electron chi connectivity index (χ1n) is 10.5. The highest BCUT2D eigenvalue weighted by molar-refractivity contribution is 5.94. The minimum absolute atomic E-state index is 0.161. The van der Waals surface area contributed by atoms with Crippen LogP contribution in [0.1, 0.15) is 54.0 Å². The van der Waals surface area contributed by atoms with Crippen molar-refractivity contribution in [3.05, 3.63) is 59.4 Å². The van der Waals surface area contributed by atoms with Gasteiger partial charge in [0, 0.05) is 44.2 Å². The molecule has 7 heteroatoms. The van der Waals surface area contributed by atoms with Gasteiger partial charge >= 0.3 is 0 Å². The van der Waals surface area contributed by atoms with Crippen molar-refractivity contribution in [1.29, 1.82) is 0 Å². The minimum Gasteiger partial charge on any atom is -0.339 e. The highest BCUT2D eigenvalue weighted by Gasteiger charge is 2.38. The average molecular weight is 397 g/mol. The third kappa shape index (κ3) is 4.31. The number of carbonyl (C=O) groups is 1. The van der Waals surface area contributed by atoms with Gasteiger partial charge in [-0.05, 0) is 43.4 Å². The second-order valence-electron chi connectivity index (χ2n) is 7.91. The average Bonchev–Trinajstić information content (AvgIpc) is 3.24. The van der Waals surface area contributed by atoms with Crippen LogP contribution in [-0.2, 0) is 6.42 Å². The van der Waals surface area contributed by atoms with E-state index < -0.39 is 5.82 Å². The van der Waals surface area contributed by atoms with Crippen LogP contribution in [0.2, 0.25) is 0 Å². The summed E-state index contributed by atoms with van der Waals surface area (Å²) in [5.41, 5.74) is 7.97. The van der Waals surface area contributed by atoms with Gasteiger partial charge in [0.2, 0.25) is 0 Å². The molecule has 1 aromatic carbocycles. The van der Waals surface area contributed by atoms with Crippen LogP contribution < -0.4 is 10.9 Å². The molecule has 0 spiro atoms. The first-order chi connectivity index (χ1) is 14.2. The second kappa shape index (κ2) is 8.97. The van der Waals surface area contributed by atoms with Crippen molar-refractivity contribution in [2.75, 3.05) is 19.6 Å². The van der Waals surface area contributed by atoms with E-state index in [0.717, 1.165) is 43.7 Å². The van der Waals surface area contributed by atoms with E-state index in [1.54, 1.807) is 23.1 Å². The topological polar surface area (TPSA) is 70.2 Å². The first kappa shape index (κ1) is 19.9. The van der Waals surface area contributed by atoms with Gasteiger partial charge in [-0.15, -0.1) is 0 Å². The number of hydrogen-bond donors (Lipinski definition) is 2. The fraction of sp³-hybridized carbons (Fsp3) is 0.500. The number of nitrogens with one attached hydrogen (secondary N) is 2. The van der Waals surface area contributed by atoms with Gasteiger partial charge in [0.15, 0.2) is 0 Å². The molecule has 154 valence electrons. The van der Waals surface area contributed by atoms with Gasteiger partial charge in [-0.1, -0.05) is 19.1 Å². The molecule has 1 amide bonds. The van der Waals surface area contributed by atoms with Crippen LogP contribution in [0.5, 0.6) is 0 Å². The zero-order chi connectivity index (χ0) is 20.2. The molecule has 0 saturated carbocycles. The summed E-state index contributed by atoms with van der Waals surface area (Å²) in [5.74, 6) is 0.959. The molecule has 2 aliphatic rings. The molecule has 0 aliphatic carbocycles. The molecule has 29 heavy (non-hydrogen) atoms. The zero-order valence-corrected chi connectivity index (χ0v) is 16.8. The maximum absolute atomic E-state index is 14.0. The number of rotatable bonds is 5. The van der Waals surface area contributed by atoms with E-state index in [-0.39, 0.29) is 23.4 Å². The summed E-state index contributed by atoms with van der Waals surface area (Å²) in [7, 11) is 0. The molecular formula is C22H28FN5O. The standard InChI is InChI=1S/C22H28FN5O/c1-2-5-20-24-11-8-19(26-20)17-14-25-27-21(17)15-9-12-28(13-10-15)22(29)16-6-3-4-7-18(16)23/h3-4,6-8,11,15,17,21,25,27H,2,5,9-10,12-14H2,1H3. The molecule has 1 aromatic heterocycles. The van der Waals surface area contributed by atoms with Crippen molar-refractivity contribution >= 4 is 5.91 Å². The molecule has 2 fully saturated rings. The molecule has 2 atom stereocenters. The van der Waals surface area contributed by atoms with Gasteiger partial charge in [0.05, 0.1) is 11.3 Å². The number of hydrazine groups is 1. The lowest BCUT2D eigenvalue weighted by molar-refractivity contribution is 0.0665. The zero-order valence-electron chi connectivity index (χ0n) is 16.8. The van der Waals surface area contributed by atoms with Crippen LogP contribution in [-0.4, -0.2) is 46.5 Å². The Bertz CT molecular complexity index is 853. The summed E-state index contributed by atoms with van der Waals surface area (Å²) in [6.45, 7) is 4.26. The number of carbonyl (C=O) groups excluding carboxylic acids is 1. The molecule has 4 rings (SSSR count). The van der Waals surface area contributed by atoms with Crippen molar-refractivity contribution < 1.29 is 9.18 Å². The second-order valence-corrected chi connectivity index (χ2v) is 7.91. The van der Waals surface area contributed by atoms with Crippen LogP contribution in [0.15, 0.2) is 36.5 Å². The molecule has 6 nitrogen and oxygen atoms in total. The highest BCUT2D eigenvalue weighted by atomic mass is 19.1. The van der Waals surface area contributed by atoms with Gasteiger partial charge in [0.1, 0.15) is 11.6 Å². The number of nitrogens with zero attached hydrogens (tertiary/aromatic N) is 3. The quantitative estimate of drug-likeness (QED) is 0.812. The van der Waals surface area contributed by atoms with E-state index in [1.807, 2.05) is 12.3 Å². The third-order valence-electron chi connectivity index (χ3n) is 6.04. The Morgan fingerprint density at radius 2 is 2.03 bits per heavy atom. The predicted molar refractivity (Wildman–Crippen MR) is 109 cm³/mol. The van der Waals surface area contributed by atoms with Crippen LogP contribution in [0.4, 0.5) is 4.39 Å². The molecule has 2 aromatic rings. The maximum Gasteiger partial charge on any atom is 0.256 e. The number of likely N-dealkylation sites (tertiary alicyclic amines) is 1. The summed E-state index contributed by atoms with van der Waals surface area (Å²) in [5, 5.41) is 0. The molecule has 2 unspecified atom stereocenters. The predicted octanol–water partition coefficient (Wildman–Crippen LogP) is 2.68. The van der Waals surface area contributed by atoms with Crippen molar-refractivity contribution in [2.24, 2.45) is 5.92 Å². The lowest BCUT2D eigenvalue weighted by Gasteiger charge is -2.36. The van der Waals surface area contributed by atoms with E-state index in [9.17, 15) is 9.18 Å². The lowest BCUT2D eigenvalue weighted by atomic mass is 9.81. The van der Waals surface area contributed by atoms with Gasteiger partial charge in [-0.25, -0.2) is 14.4 Å². The van der Waals surface area contributed by atoms with Gasteiger partial charge in [-0.2, -0.15) is 0 Å². The number of piperidine rings is 1. The Morgan fingerprint density at radius 1 is 1.24 bits per heavy atom. The van der Waals surface area contributed by atoms with E-state index >= 15 is 0 Å². The molecular weight excluding hydrogens is 369 g/mol. The number of amides is 1. The number of hydrogen-bond acceptors (Lipinski definition) is 5. The summed E-state index contributed by atoms with van der Waals surface area (Å²) < 4.78 is 14.0. The molecule has 2 N–H and O–H groups in total. The molecule has 0 radical (unpaired) electrons. The largest absolute Gasteiger partial charge is 0.339 e. The Labute approximate surface area is 170 Å². The van der Waals surface area contributed by atoms with Crippen molar-refractivity contribution in [2.45, 2.75) is 44.6 Å². The van der Waals surface area contributed by atoms with E-state index in [4.69, 9.17) is 4.98 Å². The summed E-state index contributed by atoms with van der Waals surface area (Å²) in [4.78, 5) is 23.6. The molecule has 2 saturated heterocycles. The van der Waals surface area contributed by atoms with Crippen LogP contribution in [0.3, 0.4) is 0 Å². The first-order valence-corrected chi connectivity index (χ1v) is 10.5. The summed E-state index contributed by atoms with van der Waals surface area (Å²) in [6.07, 6.45) is 5.56. The molecule has 2 aliphatic heterocycles. The van der Waals surface area contributed by atoms with Crippen molar-refractivity contribution in [3.63, 3.8) is 0 Å². The van der Waals surface area contributed by atoms with E-state index in [1.165, 1.54) is 6.07 Å². The Kier molecular flexibility index (Phi) is 6.16. The third-order valence-corrected chi connectivity index (χ3v) is 6.04. The number of halogens is 1. The van der Waals surface area contributed by atoms with Crippen molar-refractivity contribution in [1.82, 2.24) is 25.7 Å². The molecule has 3 heterocycles. The van der Waals surface area contributed by atoms with Crippen LogP contribution in [0, 0.1) is 11.7 Å². The smallest absolute Gasteiger partial charge is 0.256 e. The van der Waals surface area contributed by atoms with Crippen LogP contribution >= 0.6 is 0 Å². The number of benzene rings is 1. The van der Waals surface area contributed by atoms with Gasteiger partial charge in [-0.3, -0.25) is 15.6 Å². The summed E-state index contributed by atoms with van der Waals surface area (Å²) in [6, 6.07) is 8.50. The minimum atomic E-state index is -0.451. The monoisotopic (exact) mass is 397 g/mol. The normalized spacial score (nSPS) is 22.8. The Morgan fingerprint density at radius 3 is 2.79 bits per heavy atom. The number of aryl methyl sites for hydroxylation is 1. The fourth-order valence-corrected chi connectivity index (χ4v) is 4.48. The van der Waals surface area contributed by atoms with Gasteiger partial charge in [0.25, 0.3) is 5.91 Å². The van der Waals surface area contributed by atoms with E-state index in [2.05, 4.69) is 22.8 Å². The SMILES string of the molecule is CCCc1nccc(C2CNNC2C2CCN(C(=O)c3ccccc3F)CC2)n1. The van der Waals surface area contributed by atoms with Gasteiger partial charge < -0.3 is 4.90 Å².